The fraction of sp³-hybridized carbons (Fsp3) is 0.455. The number of carbonyl (C=O) groups is 1. The van der Waals surface area contributed by atoms with Gasteiger partial charge in [-0.1, -0.05) is 0 Å². The predicted octanol–water partition coefficient (Wildman–Crippen LogP) is 1.33. The van der Waals surface area contributed by atoms with Crippen molar-refractivity contribution in [2.75, 3.05) is 13.1 Å². The summed E-state index contributed by atoms with van der Waals surface area (Å²) in [5.74, 6) is -0.0313. The van der Waals surface area contributed by atoms with Crippen molar-refractivity contribution in [2.24, 2.45) is 0 Å². The lowest BCUT2D eigenvalue weighted by molar-refractivity contribution is 0.0939. The fourth-order valence-corrected chi connectivity index (χ4v) is 1.65. The second kappa shape index (κ2) is 7.48. The van der Waals surface area contributed by atoms with Crippen LogP contribution in [0.2, 0.25) is 0 Å². The number of pyridine rings is 1. The summed E-state index contributed by atoms with van der Waals surface area (Å²) in [4.78, 5) is 15.8. The molecule has 1 aliphatic heterocycles. The molecule has 0 aliphatic carbocycles. The molecule has 6 heteroatoms. The Balaban J connectivity index is 0.00000128. The van der Waals surface area contributed by atoms with E-state index in [1.54, 1.807) is 12.3 Å². The Kier molecular flexibility index (Phi) is 7.11. The number of hydrogen-bond acceptors (Lipinski definition) is 3. The molecule has 2 rings (SSSR count). The number of halogens is 2. The molecule has 1 amide bonds. The zero-order valence-corrected chi connectivity index (χ0v) is 11.2. The van der Waals surface area contributed by atoms with Crippen LogP contribution in [-0.2, 0) is 0 Å². The Morgan fingerprint density at radius 3 is 2.76 bits per heavy atom. The minimum atomic E-state index is -0.0313. The van der Waals surface area contributed by atoms with Gasteiger partial charge in [-0.25, -0.2) is 0 Å². The van der Waals surface area contributed by atoms with Crippen LogP contribution >= 0.6 is 24.8 Å². The van der Waals surface area contributed by atoms with Crippen LogP contribution in [0, 0.1) is 6.92 Å². The van der Waals surface area contributed by atoms with E-state index in [1.165, 1.54) is 0 Å². The molecule has 0 saturated carbocycles. The van der Waals surface area contributed by atoms with Crippen LogP contribution in [-0.4, -0.2) is 30.0 Å². The molecule has 0 bridgehead atoms. The zero-order valence-electron chi connectivity index (χ0n) is 9.60. The average molecular weight is 278 g/mol. The van der Waals surface area contributed by atoms with Crippen molar-refractivity contribution >= 4 is 30.7 Å². The largest absolute Gasteiger partial charge is 0.348 e. The van der Waals surface area contributed by atoms with Crippen LogP contribution in [0.25, 0.3) is 0 Å². The van der Waals surface area contributed by atoms with E-state index in [0.717, 1.165) is 25.2 Å². The highest BCUT2D eigenvalue weighted by Gasteiger charge is 2.17. The molecule has 4 nitrogen and oxygen atoms in total. The van der Waals surface area contributed by atoms with Crippen LogP contribution in [0.1, 0.15) is 22.5 Å². The number of nitrogens with one attached hydrogen (secondary N) is 2. The van der Waals surface area contributed by atoms with Gasteiger partial charge in [-0.15, -0.1) is 24.8 Å². The highest BCUT2D eigenvalue weighted by atomic mass is 35.5. The molecular weight excluding hydrogens is 261 g/mol. The lowest BCUT2D eigenvalue weighted by atomic mass is 10.2. The molecule has 0 spiro atoms. The van der Waals surface area contributed by atoms with Gasteiger partial charge in [0.05, 0.1) is 5.56 Å². The molecule has 2 heterocycles. The lowest BCUT2D eigenvalue weighted by Gasteiger charge is -2.10. The number of rotatable bonds is 2. The third-order valence-corrected chi connectivity index (χ3v) is 2.57. The summed E-state index contributed by atoms with van der Waals surface area (Å²) >= 11 is 0. The molecule has 0 aromatic carbocycles. The summed E-state index contributed by atoms with van der Waals surface area (Å²) < 4.78 is 0. The van der Waals surface area contributed by atoms with Gasteiger partial charge in [0, 0.05) is 24.5 Å². The van der Waals surface area contributed by atoms with Gasteiger partial charge in [0.15, 0.2) is 0 Å². The van der Waals surface area contributed by atoms with Gasteiger partial charge in [0.2, 0.25) is 0 Å². The summed E-state index contributed by atoms with van der Waals surface area (Å²) in [6.45, 7) is 3.75. The molecule has 0 radical (unpaired) electrons. The van der Waals surface area contributed by atoms with Crippen LogP contribution in [0.15, 0.2) is 18.3 Å². The maximum atomic E-state index is 11.7. The van der Waals surface area contributed by atoms with E-state index >= 15 is 0 Å². The van der Waals surface area contributed by atoms with Crippen LogP contribution < -0.4 is 10.6 Å². The summed E-state index contributed by atoms with van der Waals surface area (Å²) in [5.41, 5.74) is 1.56. The molecule has 1 aromatic heterocycles. The summed E-state index contributed by atoms with van der Waals surface area (Å²) in [7, 11) is 0. The normalized spacial score (nSPS) is 17.8. The highest BCUT2D eigenvalue weighted by molar-refractivity contribution is 5.94. The van der Waals surface area contributed by atoms with Gasteiger partial charge in [-0.05, 0) is 32.0 Å². The Bertz CT molecular complexity index is 350. The third-order valence-electron chi connectivity index (χ3n) is 2.57. The van der Waals surface area contributed by atoms with Crippen LogP contribution in [0.5, 0.6) is 0 Å². The first-order chi connectivity index (χ1) is 7.25. The highest BCUT2D eigenvalue weighted by Crippen LogP contribution is 2.02. The molecule has 1 fully saturated rings. The van der Waals surface area contributed by atoms with Gasteiger partial charge < -0.3 is 10.6 Å². The maximum Gasteiger partial charge on any atom is 0.253 e. The topological polar surface area (TPSA) is 54.0 Å². The minimum Gasteiger partial charge on any atom is -0.348 e. The van der Waals surface area contributed by atoms with E-state index in [9.17, 15) is 4.79 Å². The Morgan fingerprint density at radius 2 is 2.24 bits per heavy atom. The van der Waals surface area contributed by atoms with Gasteiger partial charge in [-0.2, -0.15) is 0 Å². The predicted molar refractivity (Wildman–Crippen MR) is 72.2 cm³/mol. The summed E-state index contributed by atoms with van der Waals surface area (Å²) in [6.07, 6.45) is 2.62. The van der Waals surface area contributed by atoms with Crippen molar-refractivity contribution in [3.05, 3.63) is 29.6 Å². The first-order valence-corrected chi connectivity index (χ1v) is 5.20. The minimum absolute atomic E-state index is 0. The number of aromatic nitrogens is 1. The van der Waals surface area contributed by atoms with Crippen LogP contribution in [0.3, 0.4) is 0 Å². The molecule has 17 heavy (non-hydrogen) atoms. The Morgan fingerprint density at radius 1 is 1.47 bits per heavy atom. The molecule has 1 saturated heterocycles. The van der Waals surface area contributed by atoms with E-state index in [0.29, 0.717) is 5.56 Å². The fourth-order valence-electron chi connectivity index (χ4n) is 1.65. The van der Waals surface area contributed by atoms with Crippen molar-refractivity contribution in [2.45, 2.75) is 19.4 Å². The van der Waals surface area contributed by atoms with Gasteiger partial charge in [0.1, 0.15) is 0 Å². The molecule has 1 unspecified atom stereocenters. The number of carbonyl (C=O) groups excluding carboxylic acids is 1. The number of hydrogen-bond donors (Lipinski definition) is 2. The Labute approximate surface area is 113 Å². The second-order valence-electron chi connectivity index (χ2n) is 3.85. The standard InChI is InChI=1S/C11H15N3O.2ClH/c1-8-2-3-9(6-13-8)11(15)14-10-4-5-12-7-10;;/h2-3,6,10,12H,4-5,7H2,1H3,(H,14,15);2*1H. The second-order valence-corrected chi connectivity index (χ2v) is 3.85. The lowest BCUT2D eigenvalue weighted by Crippen LogP contribution is -2.36. The van der Waals surface area contributed by atoms with Crippen LogP contribution in [0.4, 0.5) is 0 Å². The molecule has 1 aliphatic rings. The molecule has 2 N–H and O–H groups in total. The van der Waals surface area contributed by atoms with E-state index in [4.69, 9.17) is 0 Å². The SMILES string of the molecule is Cc1ccc(C(=O)NC2CCNC2)cn1.Cl.Cl. The first-order valence-electron chi connectivity index (χ1n) is 5.20. The zero-order chi connectivity index (χ0) is 10.7. The number of amides is 1. The van der Waals surface area contributed by atoms with Crippen molar-refractivity contribution in [1.82, 2.24) is 15.6 Å². The quantitative estimate of drug-likeness (QED) is 0.858. The number of aryl methyl sites for hydroxylation is 1. The molecule has 96 valence electrons. The monoisotopic (exact) mass is 277 g/mol. The van der Waals surface area contributed by atoms with E-state index in [2.05, 4.69) is 15.6 Å². The summed E-state index contributed by atoms with van der Waals surface area (Å²) in [5, 5.41) is 6.18. The molecule has 1 atom stereocenters. The van der Waals surface area contributed by atoms with Crippen molar-refractivity contribution < 1.29 is 4.79 Å². The smallest absolute Gasteiger partial charge is 0.253 e. The van der Waals surface area contributed by atoms with E-state index < -0.39 is 0 Å². The van der Waals surface area contributed by atoms with Gasteiger partial charge >= 0.3 is 0 Å². The Hall–Kier alpha value is -0.840. The van der Waals surface area contributed by atoms with E-state index in [-0.39, 0.29) is 36.8 Å². The van der Waals surface area contributed by atoms with E-state index in [1.807, 2.05) is 13.0 Å². The first kappa shape index (κ1) is 16.2. The van der Waals surface area contributed by atoms with Gasteiger partial charge in [0.25, 0.3) is 5.91 Å². The van der Waals surface area contributed by atoms with Crippen molar-refractivity contribution in [1.29, 1.82) is 0 Å². The summed E-state index contributed by atoms with van der Waals surface area (Å²) in [6, 6.07) is 3.92. The van der Waals surface area contributed by atoms with Crippen molar-refractivity contribution in [3.63, 3.8) is 0 Å². The molecule has 1 aromatic rings. The number of nitrogens with zero attached hydrogens (tertiary/aromatic N) is 1. The van der Waals surface area contributed by atoms with Crippen molar-refractivity contribution in [3.8, 4) is 0 Å². The third kappa shape index (κ3) is 4.50. The maximum absolute atomic E-state index is 11.7. The van der Waals surface area contributed by atoms with Gasteiger partial charge in [-0.3, -0.25) is 9.78 Å². The average Bonchev–Trinajstić information content (AvgIpc) is 2.71. The molecular formula is C11H17Cl2N3O.